The van der Waals surface area contributed by atoms with Crippen molar-refractivity contribution >= 4 is 17.5 Å². The highest BCUT2D eigenvalue weighted by Gasteiger charge is 2.24. The predicted molar refractivity (Wildman–Crippen MR) is 79.3 cm³/mol. The molecule has 0 spiro atoms. The molecule has 2 atom stereocenters. The van der Waals surface area contributed by atoms with E-state index in [1.807, 2.05) is 18.2 Å². The topological polar surface area (TPSA) is 29.1 Å². The quantitative estimate of drug-likeness (QED) is 0.857. The first kappa shape index (κ1) is 14.4. The predicted octanol–water partition coefficient (Wildman–Crippen LogP) is 4.27. The van der Waals surface area contributed by atoms with Crippen LogP contribution in [0.25, 0.3) is 0 Å². The van der Waals surface area contributed by atoms with Gasteiger partial charge in [-0.3, -0.25) is 4.79 Å². The Morgan fingerprint density at radius 1 is 1.53 bits per heavy atom. The van der Waals surface area contributed by atoms with E-state index in [1.165, 1.54) is 11.1 Å². The van der Waals surface area contributed by atoms with Gasteiger partial charge in [0, 0.05) is 11.4 Å². The standard InChI is InChI=1S/C16H22ClNO/c1-3-4-11(2)9-16(19)18-15-8-5-12-10-13(17)6-7-14(12)15/h6-7,10-11,15H,3-5,8-9H2,1-2H3,(H,18,19). The third-order valence-corrected chi connectivity index (χ3v) is 4.07. The Labute approximate surface area is 120 Å². The summed E-state index contributed by atoms with van der Waals surface area (Å²) in [6.07, 6.45) is 4.88. The summed E-state index contributed by atoms with van der Waals surface area (Å²) in [7, 11) is 0. The molecule has 0 bridgehead atoms. The maximum Gasteiger partial charge on any atom is 0.220 e. The molecule has 2 unspecified atom stereocenters. The fourth-order valence-electron chi connectivity index (χ4n) is 2.90. The van der Waals surface area contributed by atoms with Crippen LogP contribution in [-0.2, 0) is 11.2 Å². The maximum absolute atomic E-state index is 12.0. The van der Waals surface area contributed by atoms with E-state index in [-0.39, 0.29) is 11.9 Å². The molecule has 1 aromatic carbocycles. The van der Waals surface area contributed by atoms with E-state index in [0.717, 1.165) is 30.7 Å². The first-order chi connectivity index (χ1) is 9.10. The van der Waals surface area contributed by atoms with Gasteiger partial charge in [0.15, 0.2) is 0 Å². The summed E-state index contributed by atoms with van der Waals surface area (Å²) in [6, 6.07) is 6.15. The number of hydrogen-bond donors (Lipinski definition) is 1. The number of nitrogens with one attached hydrogen (secondary N) is 1. The van der Waals surface area contributed by atoms with Crippen molar-refractivity contribution in [1.29, 1.82) is 0 Å². The molecular weight excluding hydrogens is 258 g/mol. The van der Waals surface area contributed by atoms with Gasteiger partial charge in [0.1, 0.15) is 0 Å². The first-order valence-corrected chi connectivity index (χ1v) is 7.55. The van der Waals surface area contributed by atoms with Crippen LogP contribution in [0.15, 0.2) is 18.2 Å². The summed E-state index contributed by atoms with van der Waals surface area (Å²) in [5, 5.41) is 3.94. The summed E-state index contributed by atoms with van der Waals surface area (Å²) in [4.78, 5) is 12.0. The maximum atomic E-state index is 12.0. The zero-order valence-electron chi connectivity index (χ0n) is 11.7. The smallest absolute Gasteiger partial charge is 0.220 e. The minimum absolute atomic E-state index is 0.175. The lowest BCUT2D eigenvalue weighted by molar-refractivity contribution is -0.122. The lowest BCUT2D eigenvalue weighted by atomic mass is 10.0. The van der Waals surface area contributed by atoms with Crippen LogP contribution >= 0.6 is 11.6 Å². The van der Waals surface area contributed by atoms with Gasteiger partial charge in [-0.15, -0.1) is 0 Å². The van der Waals surface area contributed by atoms with Gasteiger partial charge in [-0.2, -0.15) is 0 Å². The molecule has 1 amide bonds. The van der Waals surface area contributed by atoms with Gasteiger partial charge in [-0.1, -0.05) is 44.4 Å². The summed E-state index contributed by atoms with van der Waals surface area (Å²) in [5.74, 6) is 0.643. The minimum atomic E-state index is 0.175. The van der Waals surface area contributed by atoms with Crippen molar-refractivity contribution in [1.82, 2.24) is 5.32 Å². The molecule has 3 heteroatoms. The number of benzene rings is 1. The van der Waals surface area contributed by atoms with Crippen LogP contribution in [0.3, 0.4) is 0 Å². The second-order valence-corrected chi connectivity index (χ2v) is 6.04. The van der Waals surface area contributed by atoms with Crippen molar-refractivity contribution in [2.45, 2.75) is 52.0 Å². The Hall–Kier alpha value is -1.02. The number of carbonyl (C=O) groups is 1. The molecule has 0 radical (unpaired) electrons. The summed E-state index contributed by atoms with van der Waals surface area (Å²) in [6.45, 7) is 4.30. The normalized spacial score (nSPS) is 19.0. The highest BCUT2D eigenvalue weighted by molar-refractivity contribution is 6.30. The van der Waals surface area contributed by atoms with Crippen LogP contribution in [0.5, 0.6) is 0 Å². The van der Waals surface area contributed by atoms with Crippen LogP contribution in [0.2, 0.25) is 5.02 Å². The molecule has 0 aromatic heterocycles. The van der Waals surface area contributed by atoms with Gasteiger partial charge in [0.05, 0.1) is 6.04 Å². The number of aryl methyl sites for hydroxylation is 1. The molecule has 1 aliphatic rings. The van der Waals surface area contributed by atoms with Crippen LogP contribution in [0.4, 0.5) is 0 Å². The molecule has 1 aromatic rings. The lowest BCUT2D eigenvalue weighted by Crippen LogP contribution is -2.28. The molecule has 0 fully saturated rings. The molecule has 0 heterocycles. The SMILES string of the molecule is CCCC(C)CC(=O)NC1CCc2cc(Cl)ccc21. The average Bonchev–Trinajstić information content (AvgIpc) is 2.71. The zero-order chi connectivity index (χ0) is 13.8. The molecule has 0 saturated heterocycles. The second-order valence-electron chi connectivity index (χ2n) is 5.60. The summed E-state index contributed by atoms with van der Waals surface area (Å²) < 4.78 is 0. The Morgan fingerprint density at radius 2 is 2.32 bits per heavy atom. The summed E-state index contributed by atoms with van der Waals surface area (Å²) >= 11 is 5.99. The first-order valence-electron chi connectivity index (χ1n) is 7.17. The number of fused-ring (bicyclic) bond motifs is 1. The molecule has 0 saturated carbocycles. The Balaban J connectivity index is 1.93. The van der Waals surface area contributed by atoms with Crippen molar-refractivity contribution in [3.63, 3.8) is 0 Å². The Bertz CT molecular complexity index is 458. The second kappa shape index (κ2) is 6.42. The van der Waals surface area contributed by atoms with E-state index >= 15 is 0 Å². The molecule has 104 valence electrons. The Kier molecular flexibility index (Phi) is 4.87. The van der Waals surface area contributed by atoms with Gasteiger partial charge in [0.2, 0.25) is 5.91 Å². The van der Waals surface area contributed by atoms with Crippen molar-refractivity contribution in [3.8, 4) is 0 Å². The monoisotopic (exact) mass is 279 g/mol. The number of carbonyl (C=O) groups excluding carboxylic acids is 1. The number of amides is 1. The molecule has 2 rings (SSSR count). The fourth-order valence-corrected chi connectivity index (χ4v) is 3.10. The number of hydrogen-bond acceptors (Lipinski definition) is 1. The van der Waals surface area contributed by atoms with Crippen LogP contribution in [-0.4, -0.2) is 5.91 Å². The van der Waals surface area contributed by atoms with E-state index in [0.29, 0.717) is 12.3 Å². The number of halogens is 1. The zero-order valence-corrected chi connectivity index (χ0v) is 12.5. The van der Waals surface area contributed by atoms with E-state index < -0.39 is 0 Å². The van der Waals surface area contributed by atoms with Gasteiger partial charge < -0.3 is 5.32 Å². The van der Waals surface area contributed by atoms with E-state index in [2.05, 4.69) is 19.2 Å². The van der Waals surface area contributed by atoms with Gasteiger partial charge in [0.25, 0.3) is 0 Å². The lowest BCUT2D eigenvalue weighted by Gasteiger charge is -2.16. The average molecular weight is 280 g/mol. The largest absolute Gasteiger partial charge is 0.349 e. The van der Waals surface area contributed by atoms with Crippen LogP contribution in [0, 0.1) is 5.92 Å². The van der Waals surface area contributed by atoms with Crippen molar-refractivity contribution < 1.29 is 4.79 Å². The van der Waals surface area contributed by atoms with Gasteiger partial charge in [-0.25, -0.2) is 0 Å². The third kappa shape index (κ3) is 3.73. The van der Waals surface area contributed by atoms with E-state index in [1.54, 1.807) is 0 Å². The highest BCUT2D eigenvalue weighted by atomic mass is 35.5. The van der Waals surface area contributed by atoms with Crippen LogP contribution in [0.1, 0.15) is 56.7 Å². The van der Waals surface area contributed by atoms with Crippen LogP contribution < -0.4 is 5.32 Å². The van der Waals surface area contributed by atoms with Crippen molar-refractivity contribution in [3.05, 3.63) is 34.3 Å². The molecule has 0 aliphatic heterocycles. The summed E-state index contributed by atoms with van der Waals surface area (Å²) in [5.41, 5.74) is 2.51. The van der Waals surface area contributed by atoms with E-state index in [4.69, 9.17) is 11.6 Å². The molecule has 2 nitrogen and oxygen atoms in total. The molecule has 1 N–H and O–H groups in total. The van der Waals surface area contributed by atoms with Crippen molar-refractivity contribution in [2.24, 2.45) is 5.92 Å². The molecular formula is C16H22ClNO. The van der Waals surface area contributed by atoms with Gasteiger partial charge >= 0.3 is 0 Å². The minimum Gasteiger partial charge on any atom is -0.349 e. The fraction of sp³-hybridized carbons (Fsp3) is 0.562. The highest BCUT2D eigenvalue weighted by Crippen LogP contribution is 2.32. The molecule has 1 aliphatic carbocycles. The van der Waals surface area contributed by atoms with E-state index in [9.17, 15) is 4.79 Å². The van der Waals surface area contributed by atoms with Gasteiger partial charge in [-0.05, 0) is 42.0 Å². The number of rotatable bonds is 5. The molecule has 19 heavy (non-hydrogen) atoms. The Morgan fingerprint density at radius 3 is 3.05 bits per heavy atom. The third-order valence-electron chi connectivity index (χ3n) is 3.83. The van der Waals surface area contributed by atoms with Crippen molar-refractivity contribution in [2.75, 3.05) is 0 Å².